The van der Waals surface area contributed by atoms with Crippen molar-refractivity contribution in [3.05, 3.63) is 29.6 Å². The summed E-state index contributed by atoms with van der Waals surface area (Å²) in [5, 5.41) is 11.4. The summed E-state index contributed by atoms with van der Waals surface area (Å²) in [7, 11) is -3.95. The van der Waals surface area contributed by atoms with Gasteiger partial charge in [-0.2, -0.15) is 5.26 Å². The second-order valence-corrected chi connectivity index (χ2v) is 7.45. The Morgan fingerprint density at radius 1 is 1.45 bits per heavy atom. The number of halogens is 1. The van der Waals surface area contributed by atoms with Crippen molar-refractivity contribution in [3.63, 3.8) is 0 Å². The zero-order chi connectivity index (χ0) is 16.5. The number of carbonyl (C=O) groups excluding carboxylic acids is 1. The highest BCUT2D eigenvalue weighted by molar-refractivity contribution is 7.89. The van der Waals surface area contributed by atoms with Crippen LogP contribution >= 0.6 is 0 Å². The summed E-state index contributed by atoms with van der Waals surface area (Å²) >= 11 is 0. The van der Waals surface area contributed by atoms with Gasteiger partial charge in [0.2, 0.25) is 15.9 Å². The average molecular weight is 325 g/mol. The van der Waals surface area contributed by atoms with Crippen LogP contribution in [0.25, 0.3) is 0 Å². The zero-order valence-corrected chi connectivity index (χ0v) is 13.0. The van der Waals surface area contributed by atoms with Gasteiger partial charge in [-0.15, -0.1) is 0 Å². The second kappa shape index (κ2) is 5.66. The first kappa shape index (κ1) is 16.4. The molecule has 1 aromatic carbocycles. The summed E-state index contributed by atoms with van der Waals surface area (Å²) in [6.07, 6.45) is 0.579. The van der Waals surface area contributed by atoms with E-state index in [2.05, 4.69) is 10.0 Å². The van der Waals surface area contributed by atoms with Gasteiger partial charge < -0.3 is 5.32 Å². The summed E-state index contributed by atoms with van der Waals surface area (Å²) in [5.41, 5.74) is -0.961. The summed E-state index contributed by atoms with van der Waals surface area (Å²) in [6.45, 7) is 3.44. The Labute approximate surface area is 128 Å². The van der Waals surface area contributed by atoms with Gasteiger partial charge in [0.1, 0.15) is 11.9 Å². The maximum atomic E-state index is 13.6. The van der Waals surface area contributed by atoms with E-state index in [0.29, 0.717) is 6.42 Å². The molecule has 1 amide bonds. The predicted octanol–water partition coefficient (Wildman–Crippen LogP) is 1.03. The third-order valence-electron chi connectivity index (χ3n) is 3.66. The molecule has 1 aliphatic heterocycles. The van der Waals surface area contributed by atoms with E-state index in [1.54, 1.807) is 19.9 Å². The number of benzene rings is 1. The number of carbonyl (C=O) groups is 1. The molecule has 22 heavy (non-hydrogen) atoms. The molecule has 1 fully saturated rings. The van der Waals surface area contributed by atoms with E-state index in [-0.39, 0.29) is 22.8 Å². The molecule has 0 saturated carbocycles. The highest BCUT2D eigenvalue weighted by atomic mass is 32.2. The number of piperidine rings is 1. The Morgan fingerprint density at radius 3 is 2.68 bits per heavy atom. The fourth-order valence-electron chi connectivity index (χ4n) is 2.36. The van der Waals surface area contributed by atoms with Gasteiger partial charge in [0, 0.05) is 12.5 Å². The Morgan fingerprint density at radius 2 is 2.14 bits per heavy atom. The summed E-state index contributed by atoms with van der Waals surface area (Å²) in [5.74, 6) is -1.02. The van der Waals surface area contributed by atoms with Crippen LogP contribution in [0, 0.1) is 17.1 Å². The molecule has 0 bridgehead atoms. The molecule has 0 aromatic heterocycles. The summed E-state index contributed by atoms with van der Waals surface area (Å²) in [4.78, 5) is 11.2. The van der Waals surface area contributed by atoms with Gasteiger partial charge in [-0.05, 0) is 38.5 Å². The van der Waals surface area contributed by atoms with Gasteiger partial charge in [-0.25, -0.2) is 17.5 Å². The Kier molecular flexibility index (Phi) is 4.22. The first-order valence-corrected chi connectivity index (χ1v) is 8.17. The van der Waals surface area contributed by atoms with Crippen molar-refractivity contribution in [1.82, 2.24) is 10.0 Å². The van der Waals surface area contributed by atoms with E-state index >= 15 is 0 Å². The van der Waals surface area contributed by atoms with E-state index in [1.165, 1.54) is 6.07 Å². The van der Waals surface area contributed by atoms with Crippen LogP contribution < -0.4 is 10.0 Å². The fraction of sp³-hybridized carbons (Fsp3) is 0.429. The molecule has 1 unspecified atom stereocenters. The summed E-state index contributed by atoms with van der Waals surface area (Å²) in [6, 6.07) is 4.25. The summed E-state index contributed by atoms with van der Waals surface area (Å²) < 4.78 is 40.8. The molecule has 8 heteroatoms. The smallest absolute Gasteiger partial charge is 0.241 e. The van der Waals surface area contributed by atoms with Gasteiger partial charge in [-0.3, -0.25) is 4.79 Å². The molecular weight excluding hydrogens is 309 g/mol. The lowest BCUT2D eigenvalue weighted by atomic mass is 9.88. The lowest BCUT2D eigenvalue weighted by Crippen LogP contribution is -2.61. The van der Waals surface area contributed by atoms with Crippen molar-refractivity contribution >= 4 is 15.9 Å². The van der Waals surface area contributed by atoms with Crippen molar-refractivity contribution in [1.29, 1.82) is 5.26 Å². The lowest BCUT2D eigenvalue weighted by molar-refractivity contribution is -0.125. The number of nitrogens with zero attached hydrogens (tertiary/aromatic N) is 1. The lowest BCUT2D eigenvalue weighted by Gasteiger charge is -2.39. The zero-order valence-electron chi connectivity index (χ0n) is 12.2. The van der Waals surface area contributed by atoms with Gasteiger partial charge in [0.05, 0.1) is 16.0 Å². The van der Waals surface area contributed by atoms with Crippen LogP contribution in [-0.2, 0) is 14.8 Å². The molecule has 1 atom stereocenters. The highest BCUT2D eigenvalue weighted by Gasteiger charge is 2.38. The van der Waals surface area contributed by atoms with E-state index in [1.807, 2.05) is 0 Å². The predicted molar refractivity (Wildman–Crippen MR) is 76.7 cm³/mol. The first-order chi connectivity index (χ1) is 10.2. The molecule has 118 valence electrons. The molecule has 1 heterocycles. The Hall–Kier alpha value is -1.98. The highest BCUT2D eigenvalue weighted by Crippen LogP contribution is 2.22. The molecule has 1 aliphatic rings. The first-order valence-electron chi connectivity index (χ1n) is 6.69. The largest absolute Gasteiger partial charge is 0.350 e. The normalized spacial score (nSPS) is 21.0. The van der Waals surface area contributed by atoms with Gasteiger partial charge in [-0.1, -0.05) is 0 Å². The van der Waals surface area contributed by atoms with Crippen molar-refractivity contribution in [2.24, 2.45) is 0 Å². The fourth-order valence-corrected chi connectivity index (χ4v) is 3.79. The molecule has 2 rings (SSSR count). The molecule has 0 aliphatic carbocycles. The number of nitriles is 1. The van der Waals surface area contributed by atoms with Gasteiger partial charge in [0.25, 0.3) is 0 Å². The third-order valence-corrected chi connectivity index (χ3v) is 5.13. The molecule has 0 radical (unpaired) electrons. The number of nitrogens with one attached hydrogen (secondary N) is 2. The monoisotopic (exact) mass is 325 g/mol. The van der Waals surface area contributed by atoms with E-state index in [4.69, 9.17) is 5.26 Å². The van der Waals surface area contributed by atoms with Crippen molar-refractivity contribution in [2.45, 2.75) is 43.2 Å². The number of hydrogen-bond acceptors (Lipinski definition) is 4. The number of sulfonamides is 1. The molecule has 1 saturated heterocycles. The molecule has 1 aromatic rings. The molecule has 2 N–H and O–H groups in total. The maximum absolute atomic E-state index is 13.6. The third kappa shape index (κ3) is 3.26. The SMILES string of the molecule is CC1(C)NC(=O)CCC1NS(=O)(=O)c1ccc(C#N)c(F)c1. The maximum Gasteiger partial charge on any atom is 0.241 e. The molecular formula is C14H16FN3O3S. The number of rotatable bonds is 3. The quantitative estimate of drug-likeness (QED) is 0.867. The van der Waals surface area contributed by atoms with Crippen molar-refractivity contribution < 1.29 is 17.6 Å². The second-order valence-electron chi connectivity index (χ2n) is 5.74. The van der Waals surface area contributed by atoms with Crippen molar-refractivity contribution in [2.75, 3.05) is 0 Å². The van der Waals surface area contributed by atoms with Gasteiger partial charge >= 0.3 is 0 Å². The van der Waals surface area contributed by atoms with Crippen LogP contribution in [0.1, 0.15) is 32.3 Å². The average Bonchev–Trinajstić information content (AvgIpc) is 2.41. The van der Waals surface area contributed by atoms with Crippen LogP contribution in [0.15, 0.2) is 23.1 Å². The van der Waals surface area contributed by atoms with E-state index in [0.717, 1.165) is 12.1 Å². The van der Waals surface area contributed by atoms with Crippen LogP contribution in [0.4, 0.5) is 4.39 Å². The van der Waals surface area contributed by atoms with Crippen LogP contribution in [0.5, 0.6) is 0 Å². The van der Waals surface area contributed by atoms with Crippen LogP contribution in [-0.4, -0.2) is 25.9 Å². The van der Waals surface area contributed by atoms with Gasteiger partial charge in [0.15, 0.2) is 0 Å². The Bertz CT molecular complexity index is 753. The topological polar surface area (TPSA) is 99.1 Å². The van der Waals surface area contributed by atoms with E-state index < -0.39 is 27.4 Å². The number of amides is 1. The minimum atomic E-state index is -3.95. The number of hydrogen-bond donors (Lipinski definition) is 2. The van der Waals surface area contributed by atoms with Crippen LogP contribution in [0.3, 0.4) is 0 Å². The van der Waals surface area contributed by atoms with Crippen LogP contribution in [0.2, 0.25) is 0 Å². The molecule has 0 spiro atoms. The molecule has 6 nitrogen and oxygen atoms in total. The van der Waals surface area contributed by atoms with E-state index in [9.17, 15) is 17.6 Å². The van der Waals surface area contributed by atoms with Crippen molar-refractivity contribution in [3.8, 4) is 6.07 Å². The minimum absolute atomic E-state index is 0.134. The standard InChI is InChI=1S/C14H16FN3O3S/c1-14(2)12(5-6-13(19)17-14)18-22(20,21)10-4-3-9(8-16)11(15)7-10/h3-4,7,12,18H,5-6H2,1-2H3,(H,17,19). The Balaban J connectivity index is 2.26. The minimum Gasteiger partial charge on any atom is -0.350 e.